The van der Waals surface area contributed by atoms with Gasteiger partial charge in [0.05, 0.1) is 5.39 Å². The van der Waals surface area contributed by atoms with Crippen molar-refractivity contribution in [1.82, 2.24) is 0 Å². The fourth-order valence-corrected chi connectivity index (χ4v) is 3.90. The molecular weight excluding hydrogens is 384 g/mol. The van der Waals surface area contributed by atoms with Crippen molar-refractivity contribution in [2.24, 2.45) is 0 Å². The number of hydrogen-bond donors (Lipinski definition) is 0. The Labute approximate surface area is 186 Å². The van der Waals surface area contributed by atoms with E-state index in [4.69, 9.17) is 0 Å². The summed E-state index contributed by atoms with van der Waals surface area (Å²) >= 11 is 0. The molecule has 1 aromatic heterocycles. The maximum absolute atomic E-state index is 10.9. The summed E-state index contributed by atoms with van der Waals surface area (Å²) in [5, 5.41) is 11.9. The second-order valence-corrected chi connectivity index (χ2v) is 8.01. The van der Waals surface area contributed by atoms with Crippen molar-refractivity contribution in [2.75, 3.05) is 18.0 Å². The molecule has 3 rings (SSSR count). The molecule has 3 aromatic rings. The van der Waals surface area contributed by atoms with Crippen LogP contribution in [0.5, 0.6) is 0 Å². The molecule has 2 aromatic carbocycles. The Balaban J connectivity index is 1.74. The van der Waals surface area contributed by atoms with E-state index in [1.54, 1.807) is 6.20 Å². The predicted molar refractivity (Wildman–Crippen MR) is 127 cm³/mol. The fourth-order valence-electron chi connectivity index (χ4n) is 3.90. The highest BCUT2D eigenvalue weighted by Crippen LogP contribution is 2.21. The van der Waals surface area contributed by atoms with Crippen LogP contribution < -0.4 is 19.9 Å². The minimum Gasteiger partial charge on any atom is -0.597 e. The van der Waals surface area contributed by atoms with Crippen LogP contribution >= 0.6 is 0 Å². The van der Waals surface area contributed by atoms with Gasteiger partial charge in [-0.2, -0.15) is 0 Å². The molecule has 0 saturated heterocycles. The van der Waals surface area contributed by atoms with Gasteiger partial charge in [0.25, 0.3) is 5.52 Å². The largest absolute Gasteiger partial charge is 0.597 e. The Bertz CT molecular complexity index is 957. The topological polar surface area (TPSA) is 39.4 Å². The molecule has 0 N–H and O–H groups in total. The summed E-state index contributed by atoms with van der Waals surface area (Å²) in [6.45, 7) is 6.77. The summed E-state index contributed by atoms with van der Waals surface area (Å²) < 4.78 is 1.24. The van der Waals surface area contributed by atoms with E-state index in [-0.39, 0.29) is 0 Å². The highest BCUT2D eigenvalue weighted by molar-refractivity contribution is 5.88. The summed E-state index contributed by atoms with van der Waals surface area (Å²) in [6, 6.07) is 18.5. The van der Waals surface area contributed by atoms with E-state index < -0.39 is 0 Å². The first-order valence-electron chi connectivity index (χ1n) is 11.5. The van der Waals surface area contributed by atoms with E-state index in [0.29, 0.717) is 0 Å². The molecule has 0 bridgehead atoms. The third-order valence-electron chi connectivity index (χ3n) is 5.70. The molecule has 0 radical (unpaired) electrons. The summed E-state index contributed by atoms with van der Waals surface area (Å²) in [4.78, 5) is 6.72. The van der Waals surface area contributed by atoms with Gasteiger partial charge in [-0.1, -0.05) is 75.9 Å². The number of aromatic nitrogens is 1. The second-order valence-electron chi connectivity index (χ2n) is 8.01. The van der Waals surface area contributed by atoms with Gasteiger partial charge in [0.1, 0.15) is 0 Å². The molecule has 0 aliphatic carbocycles. The van der Waals surface area contributed by atoms with Crippen LogP contribution in [0.3, 0.4) is 0 Å². The molecule has 0 spiro atoms. The number of anilines is 1. The third kappa shape index (κ3) is 6.31. The van der Waals surface area contributed by atoms with Crippen LogP contribution in [0.2, 0.25) is 0 Å². The van der Waals surface area contributed by atoms with Crippen molar-refractivity contribution in [3.63, 3.8) is 0 Å². The molecule has 0 saturated carbocycles. The molecule has 0 fully saturated rings. The van der Waals surface area contributed by atoms with E-state index in [2.05, 4.69) is 60.2 Å². The minimum absolute atomic E-state index is 0.754. The molecule has 164 valence electrons. The molecule has 0 unspecified atom stereocenters. The van der Waals surface area contributed by atoms with Gasteiger partial charge in [-0.05, 0) is 42.2 Å². The average Bonchev–Trinajstić information content (AvgIpc) is 2.82. The SMILES string of the molecule is CCCCCN(CCCCC)c1ccc(C=Cc2cc[n+](O[O-])c3ccccc23)cc1. The molecule has 1 heterocycles. The molecule has 4 nitrogen and oxygen atoms in total. The number of rotatable bonds is 12. The predicted octanol–water partition coefficient (Wildman–Crippen LogP) is 5.19. The number of nitrogens with zero attached hydrogens (tertiary/aromatic N) is 2. The van der Waals surface area contributed by atoms with Crippen molar-refractivity contribution >= 4 is 28.7 Å². The number of hydrogen-bond acceptors (Lipinski definition) is 3. The molecular formula is C27H34N2O2. The summed E-state index contributed by atoms with van der Waals surface area (Å²) in [5.74, 6) is 0. The summed E-state index contributed by atoms with van der Waals surface area (Å²) in [5.41, 5.74) is 4.27. The quantitative estimate of drug-likeness (QED) is 0.176. The van der Waals surface area contributed by atoms with Gasteiger partial charge >= 0.3 is 0 Å². The first kappa shape index (κ1) is 22.8. The second kappa shape index (κ2) is 12.1. The van der Waals surface area contributed by atoms with Crippen molar-refractivity contribution in [1.29, 1.82) is 0 Å². The van der Waals surface area contributed by atoms with E-state index in [9.17, 15) is 5.26 Å². The Morgan fingerprint density at radius 3 is 2.16 bits per heavy atom. The van der Waals surface area contributed by atoms with Crippen molar-refractivity contribution in [3.05, 3.63) is 71.9 Å². The summed E-state index contributed by atoms with van der Waals surface area (Å²) in [7, 11) is 0. The van der Waals surface area contributed by atoms with Gasteiger partial charge in [-0.15, -0.1) is 0 Å². The van der Waals surface area contributed by atoms with Crippen molar-refractivity contribution in [3.8, 4) is 0 Å². The molecule has 31 heavy (non-hydrogen) atoms. The van der Waals surface area contributed by atoms with Crippen molar-refractivity contribution in [2.45, 2.75) is 52.4 Å². The van der Waals surface area contributed by atoms with Crippen LogP contribution in [-0.2, 0) is 0 Å². The lowest BCUT2D eigenvalue weighted by Gasteiger charge is -2.25. The number of fused-ring (bicyclic) bond motifs is 1. The molecule has 0 aliphatic heterocycles. The highest BCUT2D eigenvalue weighted by atomic mass is 17.2. The normalized spacial score (nSPS) is 11.3. The van der Waals surface area contributed by atoms with Gasteiger partial charge in [0.15, 0.2) is 0 Å². The monoisotopic (exact) mass is 418 g/mol. The first-order chi connectivity index (χ1) is 15.3. The Morgan fingerprint density at radius 2 is 1.52 bits per heavy atom. The van der Waals surface area contributed by atoms with Gasteiger partial charge in [0, 0.05) is 35.6 Å². The van der Waals surface area contributed by atoms with Crippen LogP contribution in [0.25, 0.3) is 23.1 Å². The zero-order chi connectivity index (χ0) is 21.9. The van der Waals surface area contributed by atoms with Crippen LogP contribution in [0.4, 0.5) is 5.69 Å². The Hall–Kier alpha value is -2.85. The van der Waals surface area contributed by atoms with E-state index >= 15 is 0 Å². The molecule has 0 atom stereocenters. The standard InChI is InChI=1S/C27H34N2O2/c1-3-5-9-20-28(21-10-6-4-2)25-17-14-23(15-18-25)13-16-24-19-22-29(31-30)27-12-8-7-11-26(24)27/h7-8,11-19,22H,3-6,9-10,20-21H2,1-2H3. The number of unbranched alkanes of at least 4 members (excludes halogenated alkanes) is 4. The number of para-hydroxylation sites is 1. The minimum atomic E-state index is 0.754. The average molecular weight is 419 g/mol. The van der Waals surface area contributed by atoms with Gasteiger partial charge in [-0.3, -0.25) is 4.99 Å². The molecule has 4 heteroatoms. The highest BCUT2D eigenvalue weighted by Gasteiger charge is 2.10. The van der Waals surface area contributed by atoms with E-state index in [1.807, 2.05) is 30.3 Å². The van der Waals surface area contributed by atoms with Crippen LogP contribution in [0, 0.1) is 0 Å². The lowest BCUT2D eigenvalue weighted by Crippen LogP contribution is -2.49. The maximum atomic E-state index is 10.9. The maximum Gasteiger partial charge on any atom is 0.264 e. The van der Waals surface area contributed by atoms with Gasteiger partial charge < -0.3 is 10.2 Å². The Morgan fingerprint density at radius 1 is 0.839 bits per heavy atom. The zero-order valence-corrected chi connectivity index (χ0v) is 18.8. The molecule has 0 amide bonds. The van der Waals surface area contributed by atoms with Gasteiger partial charge in [-0.25, -0.2) is 0 Å². The van der Waals surface area contributed by atoms with Crippen molar-refractivity contribution < 1.29 is 15.0 Å². The van der Waals surface area contributed by atoms with E-state index in [0.717, 1.165) is 35.1 Å². The number of benzene rings is 2. The lowest BCUT2D eigenvalue weighted by molar-refractivity contribution is -1.06. The van der Waals surface area contributed by atoms with Crippen LogP contribution in [0.15, 0.2) is 60.8 Å². The van der Waals surface area contributed by atoms with E-state index in [1.165, 1.54) is 48.9 Å². The first-order valence-corrected chi connectivity index (χ1v) is 11.5. The van der Waals surface area contributed by atoms with Gasteiger partial charge in [0.2, 0.25) is 6.20 Å². The lowest BCUT2D eigenvalue weighted by atomic mass is 10.1. The zero-order valence-electron chi connectivity index (χ0n) is 18.8. The third-order valence-corrected chi connectivity index (χ3v) is 5.70. The molecule has 0 aliphatic rings. The Kier molecular flexibility index (Phi) is 8.92. The van der Waals surface area contributed by atoms with Crippen LogP contribution in [0.1, 0.15) is 63.5 Å². The summed E-state index contributed by atoms with van der Waals surface area (Å²) in [6.07, 6.45) is 13.4. The fraction of sp³-hybridized carbons (Fsp3) is 0.370. The smallest absolute Gasteiger partial charge is 0.264 e. The van der Waals surface area contributed by atoms with Crippen LogP contribution in [-0.4, -0.2) is 13.1 Å². The number of pyridine rings is 1.